The third-order valence-electron chi connectivity index (χ3n) is 9.02. The van der Waals surface area contributed by atoms with Gasteiger partial charge in [0.2, 0.25) is 0 Å². The van der Waals surface area contributed by atoms with Crippen molar-refractivity contribution in [1.82, 2.24) is 0 Å². The first-order valence-electron chi connectivity index (χ1n) is 21.1. The molecule has 0 spiro atoms. The number of hydrogen-bond acceptors (Lipinski definition) is 14. The van der Waals surface area contributed by atoms with E-state index in [4.69, 9.17) is 28.4 Å². The maximum atomic E-state index is 13.1. The first kappa shape index (κ1) is 56.5. The van der Waals surface area contributed by atoms with Crippen molar-refractivity contribution >= 4 is 55.1 Å². The van der Waals surface area contributed by atoms with Gasteiger partial charge in [0.05, 0.1) is 27.6 Å². The van der Waals surface area contributed by atoms with Crippen LogP contribution in [0.2, 0.25) is 0 Å². The molecule has 0 N–H and O–H groups in total. The quantitative estimate of drug-likeness (QED) is 0.0189. The van der Waals surface area contributed by atoms with Crippen LogP contribution in [-0.4, -0.2) is 92.0 Å². The molecule has 0 amide bonds. The maximum absolute atomic E-state index is 13.1. The summed E-state index contributed by atoms with van der Waals surface area (Å²) in [6.07, 6.45) is 16.7. The van der Waals surface area contributed by atoms with Gasteiger partial charge in [-0.15, -0.1) is 0 Å². The summed E-state index contributed by atoms with van der Waals surface area (Å²) in [6, 6.07) is 0. The van der Waals surface area contributed by atoms with Crippen LogP contribution < -0.4 is 9.79 Å². The van der Waals surface area contributed by atoms with Crippen LogP contribution in [0, 0.1) is 0 Å². The predicted octanol–water partition coefficient (Wildman–Crippen LogP) is 8.78. The van der Waals surface area contributed by atoms with Crippen LogP contribution in [-0.2, 0) is 47.1 Å². The first-order valence-corrected chi connectivity index (χ1v) is 22.6. The average Bonchev–Trinajstić information content (AvgIpc) is 3.13. The van der Waals surface area contributed by atoms with E-state index < -0.39 is 70.0 Å². The number of phosphoric acid groups is 1. The number of rotatable bonds is 37. The van der Waals surface area contributed by atoms with Crippen molar-refractivity contribution in [2.45, 2.75) is 207 Å². The Hall–Kier alpha value is -1.64. The molecule has 0 aromatic rings. The van der Waals surface area contributed by atoms with Crippen LogP contribution in [0.1, 0.15) is 188 Å². The molecule has 0 rings (SSSR count). The van der Waals surface area contributed by atoms with E-state index in [0.717, 1.165) is 51.4 Å². The van der Waals surface area contributed by atoms with Crippen LogP contribution in [0.3, 0.4) is 0 Å². The van der Waals surface area contributed by atoms with Gasteiger partial charge in [-0.25, -0.2) is 9.59 Å². The number of carbonyl (C=O) groups is 4. The van der Waals surface area contributed by atoms with Crippen molar-refractivity contribution in [1.29, 1.82) is 0 Å². The molecule has 0 saturated carbocycles. The Morgan fingerprint density at radius 1 is 0.482 bits per heavy atom. The fraction of sp³-hybridized carbons (Fsp3) is 0.900. The zero-order valence-corrected chi connectivity index (χ0v) is 37.4. The molecule has 0 aliphatic rings. The summed E-state index contributed by atoms with van der Waals surface area (Å²) < 4.78 is 47.3. The molecule has 0 aliphatic heterocycles. The monoisotopic (exact) mass is 832 g/mol. The summed E-state index contributed by atoms with van der Waals surface area (Å²) in [5.41, 5.74) is 0. The first-order chi connectivity index (χ1) is 26.4. The van der Waals surface area contributed by atoms with Crippen LogP contribution in [0.5, 0.6) is 0 Å². The zero-order valence-electron chi connectivity index (χ0n) is 35.1. The second kappa shape index (κ2) is 38.9. The second-order valence-electron chi connectivity index (χ2n) is 14.0. The smallest absolute Gasteiger partial charge is 0.790 e. The van der Waals surface area contributed by atoms with E-state index in [2.05, 4.69) is 18.4 Å². The maximum Gasteiger partial charge on any atom is 2.00 e. The van der Waals surface area contributed by atoms with Gasteiger partial charge >= 0.3 is 47.3 Å². The number of esters is 2. The molecule has 0 bridgehead atoms. The van der Waals surface area contributed by atoms with Gasteiger partial charge in [0.15, 0.2) is 6.10 Å². The Morgan fingerprint density at radius 3 is 1.25 bits per heavy atom. The van der Waals surface area contributed by atoms with Crippen molar-refractivity contribution < 1.29 is 66.5 Å². The van der Waals surface area contributed by atoms with Crippen molar-refractivity contribution in [3.8, 4) is 0 Å². The Labute approximate surface area is 353 Å². The summed E-state index contributed by atoms with van der Waals surface area (Å²) in [7, 11) is -5.55. The molecule has 0 aromatic heterocycles. The minimum atomic E-state index is -5.55. The van der Waals surface area contributed by atoms with Gasteiger partial charge in [-0.1, -0.05) is 142 Å². The van der Waals surface area contributed by atoms with Crippen molar-refractivity contribution in [2.24, 2.45) is 0 Å². The van der Waals surface area contributed by atoms with Gasteiger partial charge in [-0.2, -0.15) is 0 Å². The minimum absolute atomic E-state index is 0. The van der Waals surface area contributed by atoms with E-state index in [1.807, 2.05) is 0 Å². The number of carbonyl (C=O) groups excluding carboxylic acids is 4. The fourth-order valence-electron chi connectivity index (χ4n) is 6.00. The van der Waals surface area contributed by atoms with E-state index in [-0.39, 0.29) is 49.1 Å². The molecule has 16 heteroatoms. The van der Waals surface area contributed by atoms with E-state index in [9.17, 15) is 33.5 Å². The van der Waals surface area contributed by atoms with Gasteiger partial charge in [-0.05, 0) is 26.7 Å². The molecular formula is C40H73MgO14P. The standard InChI is InChI=1S/C40H75O14P.Mg/c1-5-9-11-13-15-17-19-21-23-25-27-29-37(41)53-35(31-34(52-40(44)49-8-4)32-50-39(43)48-7-3)36(33-51-55(45,46)47)54-38(42)30-28-26-24-22-20-18-16-14-12-10-6-2;/h34-36H,5-33H2,1-4H3,(H2,45,46,47);/q;+2/p-2/t34?,35?,36-;/m1./s1. The van der Waals surface area contributed by atoms with Crippen LogP contribution >= 0.6 is 7.82 Å². The molecule has 0 fully saturated rings. The summed E-state index contributed by atoms with van der Waals surface area (Å²) in [4.78, 5) is 73.4. The summed E-state index contributed by atoms with van der Waals surface area (Å²) >= 11 is 0. The van der Waals surface area contributed by atoms with Crippen molar-refractivity contribution in [3.63, 3.8) is 0 Å². The van der Waals surface area contributed by atoms with Crippen LogP contribution in [0.15, 0.2) is 0 Å². The van der Waals surface area contributed by atoms with Crippen LogP contribution in [0.25, 0.3) is 0 Å². The molecule has 0 aromatic carbocycles. The number of unbranched alkanes of at least 4 members (excludes halogenated alkanes) is 20. The molecule has 0 radical (unpaired) electrons. The molecule has 14 nitrogen and oxygen atoms in total. The molecule has 56 heavy (non-hydrogen) atoms. The van der Waals surface area contributed by atoms with Crippen molar-refractivity contribution in [3.05, 3.63) is 0 Å². The third-order valence-corrected chi connectivity index (χ3v) is 9.48. The number of hydrogen-bond donors (Lipinski definition) is 0. The topological polar surface area (TPSA) is 196 Å². The zero-order chi connectivity index (χ0) is 41.0. The molecule has 0 saturated heterocycles. The Morgan fingerprint density at radius 2 is 0.857 bits per heavy atom. The summed E-state index contributed by atoms with van der Waals surface area (Å²) in [5, 5.41) is 0. The third kappa shape index (κ3) is 36.7. The van der Waals surface area contributed by atoms with E-state index in [1.165, 1.54) is 77.0 Å². The van der Waals surface area contributed by atoms with E-state index in [0.29, 0.717) is 12.8 Å². The van der Waals surface area contributed by atoms with Crippen molar-refractivity contribution in [2.75, 3.05) is 26.4 Å². The minimum Gasteiger partial charge on any atom is -0.790 e. The largest absolute Gasteiger partial charge is 2.00 e. The fourth-order valence-corrected chi connectivity index (χ4v) is 6.33. The molecule has 324 valence electrons. The Kier molecular flexibility index (Phi) is 39.2. The molecule has 2 unspecified atom stereocenters. The van der Waals surface area contributed by atoms with Gasteiger partial charge in [0, 0.05) is 19.3 Å². The van der Waals surface area contributed by atoms with Gasteiger partial charge < -0.3 is 47.3 Å². The number of ether oxygens (including phenoxy) is 6. The van der Waals surface area contributed by atoms with Gasteiger partial charge in [-0.3, -0.25) is 9.59 Å². The summed E-state index contributed by atoms with van der Waals surface area (Å²) in [6.45, 7) is 5.98. The second-order valence-corrected chi connectivity index (χ2v) is 15.2. The molecule has 0 heterocycles. The van der Waals surface area contributed by atoms with Gasteiger partial charge in [0.25, 0.3) is 0 Å². The van der Waals surface area contributed by atoms with E-state index >= 15 is 0 Å². The predicted molar refractivity (Wildman–Crippen MR) is 211 cm³/mol. The normalized spacial score (nSPS) is 12.8. The molecule has 3 atom stereocenters. The van der Waals surface area contributed by atoms with E-state index in [1.54, 1.807) is 13.8 Å². The average molecular weight is 833 g/mol. The number of phosphoric ester groups is 1. The Bertz CT molecular complexity index is 1030. The van der Waals surface area contributed by atoms with Crippen LogP contribution in [0.4, 0.5) is 9.59 Å². The molecule has 0 aliphatic carbocycles. The molecular weight excluding hydrogens is 760 g/mol. The summed E-state index contributed by atoms with van der Waals surface area (Å²) in [5.74, 6) is -1.39. The SMILES string of the molecule is CCCCCCCCCCCCCC(=O)OC(CC(COC(=O)OCC)OC(=O)OCC)[C@@H](COP(=O)([O-])[O-])OC(=O)CCCCCCCCCCCCC.[Mg+2]. The van der Waals surface area contributed by atoms with Gasteiger partial charge in [0.1, 0.15) is 18.8 Å². The Balaban J connectivity index is 0.